The smallest absolute Gasteiger partial charge is 0.0832 e. The van der Waals surface area contributed by atoms with Gasteiger partial charge in [0.05, 0.1) is 5.60 Å². The molecule has 1 saturated carbocycles. The van der Waals surface area contributed by atoms with Crippen LogP contribution in [0.15, 0.2) is 12.2 Å². The summed E-state index contributed by atoms with van der Waals surface area (Å²) in [6.45, 7) is 6.17. The van der Waals surface area contributed by atoms with E-state index in [1.165, 1.54) is 24.8 Å². The maximum Gasteiger partial charge on any atom is 0.0832 e. The van der Waals surface area contributed by atoms with Gasteiger partial charge in [0.25, 0.3) is 0 Å². The van der Waals surface area contributed by atoms with Crippen molar-refractivity contribution in [2.24, 2.45) is 5.73 Å². The van der Waals surface area contributed by atoms with Crippen molar-refractivity contribution in [1.82, 2.24) is 0 Å². The molecule has 0 aromatic rings. The lowest BCUT2D eigenvalue weighted by Gasteiger charge is -2.41. The largest absolute Gasteiger partial charge is 0.377 e. The quantitative estimate of drug-likeness (QED) is 0.709. The Morgan fingerprint density at radius 3 is 2.47 bits per heavy atom. The average Bonchev–Trinajstić information content (AvgIpc) is 2.29. The summed E-state index contributed by atoms with van der Waals surface area (Å²) in [6, 6.07) is 0.121. The Kier molecular flexibility index (Phi) is 4.81. The molecule has 15 heavy (non-hydrogen) atoms. The van der Waals surface area contributed by atoms with Gasteiger partial charge in [-0.1, -0.05) is 38.3 Å². The van der Waals surface area contributed by atoms with Crippen molar-refractivity contribution in [3.8, 4) is 0 Å². The van der Waals surface area contributed by atoms with E-state index in [9.17, 15) is 0 Å². The molecule has 2 N–H and O–H groups in total. The number of hydrogen-bond acceptors (Lipinski definition) is 2. The molecule has 0 saturated heterocycles. The fraction of sp³-hybridized carbons (Fsp3) is 0.846. The first-order valence-corrected chi connectivity index (χ1v) is 6.12. The summed E-state index contributed by atoms with van der Waals surface area (Å²) in [7, 11) is 1.81. The summed E-state index contributed by atoms with van der Waals surface area (Å²) in [5.41, 5.74) is 7.45. The van der Waals surface area contributed by atoms with E-state index in [1.54, 1.807) is 7.11 Å². The van der Waals surface area contributed by atoms with Gasteiger partial charge in [0.2, 0.25) is 0 Å². The molecule has 0 aliphatic heterocycles. The molecule has 2 heteroatoms. The Morgan fingerprint density at radius 2 is 2.00 bits per heavy atom. The maximum atomic E-state index is 6.28. The van der Waals surface area contributed by atoms with Gasteiger partial charge in [0.1, 0.15) is 0 Å². The Balaban J connectivity index is 2.59. The summed E-state index contributed by atoms with van der Waals surface area (Å²) >= 11 is 0. The lowest BCUT2D eigenvalue weighted by Crippen LogP contribution is -2.50. The Labute approximate surface area is 93.9 Å². The van der Waals surface area contributed by atoms with E-state index in [2.05, 4.69) is 13.5 Å². The molecule has 1 aliphatic rings. The average molecular weight is 211 g/mol. The Hall–Kier alpha value is -0.340. The van der Waals surface area contributed by atoms with E-state index >= 15 is 0 Å². The number of hydrogen-bond donors (Lipinski definition) is 1. The minimum Gasteiger partial charge on any atom is -0.377 e. The summed E-state index contributed by atoms with van der Waals surface area (Å²) in [4.78, 5) is 0. The first-order valence-electron chi connectivity index (χ1n) is 6.12. The molecule has 1 atom stereocenters. The van der Waals surface area contributed by atoms with E-state index in [1.807, 2.05) is 0 Å². The number of nitrogens with two attached hydrogens (primary N) is 1. The summed E-state index contributed by atoms with van der Waals surface area (Å²) in [5, 5.41) is 0. The van der Waals surface area contributed by atoms with Crippen LogP contribution in [0.3, 0.4) is 0 Å². The van der Waals surface area contributed by atoms with Crippen LogP contribution < -0.4 is 5.73 Å². The second-order valence-electron chi connectivity index (χ2n) is 4.74. The van der Waals surface area contributed by atoms with Crippen LogP contribution in [-0.4, -0.2) is 18.8 Å². The van der Waals surface area contributed by atoms with Crippen LogP contribution in [0.1, 0.15) is 51.9 Å². The van der Waals surface area contributed by atoms with Gasteiger partial charge < -0.3 is 10.5 Å². The first-order chi connectivity index (χ1) is 7.14. The minimum atomic E-state index is -0.0731. The van der Waals surface area contributed by atoms with Crippen LogP contribution in [-0.2, 0) is 4.74 Å². The summed E-state index contributed by atoms with van der Waals surface area (Å²) in [5.74, 6) is 0. The molecule has 0 amide bonds. The Bertz CT molecular complexity index is 207. The number of rotatable bonds is 5. The third kappa shape index (κ3) is 3.05. The minimum absolute atomic E-state index is 0.0731. The van der Waals surface area contributed by atoms with E-state index in [-0.39, 0.29) is 11.6 Å². The van der Waals surface area contributed by atoms with Gasteiger partial charge in [-0.15, -0.1) is 0 Å². The van der Waals surface area contributed by atoms with Crippen molar-refractivity contribution < 1.29 is 4.74 Å². The molecule has 88 valence electrons. The van der Waals surface area contributed by atoms with Gasteiger partial charge in [-0.25, -0.2) is 0 Å². The summed E-state index contributed by atoms with van der Waals surface area (Å²) in [6.07, 6.45) is 7.98. The predicted molar refractivity (Wildman–Crippen MR) is 64.8 cm³/mol. The maximum absolute atomic E-state index is 6.28. The molecular weight excluding hydrogens is 186 g/mol. The van der Waals surface area contributed by atoms with E-state index < -0.39 is 0 Å². The molecule has 0 bridgehead atoms. The van der Waals surface area contributed by atoms with Crippen LogP contribution in [0, 0.1) is 0 Å². The van der Waals surface area contributed by atoms with Crippen LogP contribution in [0.5, 0.6) is 0 Å². The molecule has 0 radical (unpaired) electrons. The van der Waals surface area contributed by atoms with Gasteiger partial charge in [-0.05, 0) is 25.7 Å². The van der Waals surface area contributed by atoms with Crippen molar-refractivity contribution in [2.75, 3.05) is 7.11 Å². The molecular formula is C13H25NO. The molecule has 0 aromatic carbocycles. The highest BCUT2D eigenvalue weighted by molar-refractivity contribution is 5.03. The molecule has 0 heterocycles. The first kappa shape index (κ1) is 12.7. The molecule has 1 aliphatic carbocycles. The van der Waals surface area contributed by atoms with Gasteiger partial charge in [0.15, 0.2) is 0 Å². The van der Waals surface area contributed by atoms with Crippen LogP contribution in [0.2, 0.25) is 0 Å². The second kappa shape index (κ2) is 5.66. The number of ether oxygens (including phenoxy) is 1. The fourth-order valence-electron chi connectivity index (χ4n) is 2.52. The second-order valence-corrected chi connectivity index (χ2v) is 4.74. The zero-order valence-electron chi connectivity index (χ0n) is 10.2. The monoisotopic (exact) mass is 211 g/mol. The Morgan fingerprint density at radius 1 is 1.40 bits per heavy atom. The lowest BCUT2D eigenvalue weighted by atomic mass is 9.77. The zero-order valence-corrected chi connectivity index (χ0v) is 10.2. The third-order valence-electron chi connectivity index (χ3n) is 3.79. The number of methoxy groups -OCH3 is 1. The van der Waals surface area contributed by atoms with Gasteiger partial charge in [-0.2, -0.15) is 0 Å². The summed E-state index contributed by atoms with van der Waals surface area (Å²) < 4.78 is 5.72. The van der Waals surface area contributed by atoms with Crippen LogP contribution in [0.25, 0.3) is 0 Å². The highest BCUT2D eigenvalue weighted by Gasteiger charge is 2.37. The van der Waals surface area contributed by atoms with Crippen molar-refractivity contribution in [1.29, 1.82) is 0 Å². The predicted octanol–water partition coefficient (Wildman–Crippen LogP) is 3.02. The molecule has 1 rings (SSSR count). The van der Waals surface area contributed by atoms with Crippen LogP contribution >= 0.6 is 0 Å². The standard InChI is InChI=1S/C13H25NO/c1-4-11(2)10-12(14)13(15-3)8-6-5-7-9-13/h12H,2,4-10,14H2,1,3H3. The van der Waals surface area contributed by atoms with Gasteiger partial charge in [0, 0.05) is 13.2 Å². The molecule has 2 nitrogen and oxygen atoms in total. The van der Waals surface area contributed by atoms with Crippen molar-refractivity contribution in [3.05, 3.63) is 12.2 Å². The van der Waals surface area contributed by atoms with E-state index in [0.717, 1.165) is 25.7 Å². The van der Waals surface area contributed by atoms with Crippen molar-refractivity contribution in [2.45, 2.75) is 63.5 Å². The van der Waals surface area contributed by atoms with Crippen molar-refractivity contribution in [3.63, 3.8) is 0 Å². The normalized spacial score (nSPS) is 22.3. The zero-order chi connectivity index (χ0) is 11.3. The molecule has 0 spiro atoms. The highest BCUT2D eigenvalue weighted by atomic mass is 16.5. The SMILES string of the molecule is C=C(CC)CC(N)C1(OC)CCCCC1. The van der Waals surface area contributed by atoms with Gasteiger partial charge >= 0.3 is 0 Å². The van der Waals surface area contributed by atoms with Gasteiger partial charge in [-0.3, -0.25) is 0 Å². The van der Waals surface area contributed by atoms with E-state index in [0.29, 0.717) is 0 Å². The molecule has 0 aromatic heterocycles. The van der Waals surface area contributed by atoms with E-state index in [4.69, 9.17) is 10.5 Å². The van der Waals surface area contributed by atoms with Crippen molar-refractivity contribution >= 4 is 0 Å². The molecule has 1 unspecified atom stereocenters. The molecule has 1 fully saturated rings. The lowest BCUT2D eigenvalue weighted by molar-refractivity contribution is -0.0583. The van der Waals surface area contributed by atoms with Crippen LogP contribution in [0.4, 0.5) is 0 Å². The fourth-order valence-corrected chi connectivity index (χ4v) is 2.52. The topological polar surface area (TPSA) is 35.2 Å². The third-order valence-corrected chi connectivity index (χ3v) is 3.79. The highest BCUT2D eigenvalue weighted by Crippen LogP contribution is 2.35.